The second kappa shape index (κ2) is 5.78. The molecule has 0 aliphatic carbocycles. The molecule has 1 atom stereocenters. The van der Waals surface area contributed by atoms with Crippen molar-refractivity contribution in [1.29, 1.82) is 0 Å². The summed E-state index contributed by atoms with van der Waals surface area (Å²) in [5.41, 5.74) is 6.33. The second-order valence-electron chi connectivity index (χ2n) is 6.72. The lowest BCUT2D eigenvalue weighted by Gasteiger charge is -2.12. The van der Waals surface area contributed by atoms with Gasteiger partial charge in [0.1, 0.15) is 5.52 Å². The summed E-state index contributed by atoms with van der Waals surface area (Å²) in [5, 5.41) is 4.88. The molecular formula is C20H20N2O2. The van der Waals surface area contributed by atoms with Crippen LogP contribution in [0.15, 0.2) is 51.9 Å². The number of pyridine rings is 1. The average Bonchev–Trinajstić information content (AvgIpc) is 3.21. The number of hydrogen-bond donors (Lipinski definition) is 0. The standard InChI is InChI=1S/C20H20N2O2/c1-12(2)17-11-23-20-15(6-7-21-19(17)20)8-13(3)14-4-5-16-10-22-24-18(16)9-14/h4-7,9-13H,8H2,1-3H3. The van der Waals surface area contributed by atoms with Crippen LogP contribution < -0.4 is 0 Å². The summed E-state index contributed by atoms with van der Waals surface area (Å²) in [6, 6.07) is 8.33. The molecule has 122 valence electrons. The van der Waals surface area contributed by atoms with Crippen LogP contribution in [0, 0.1) is 0 Å². The van der Waals surface area contributed by atoms with Crippen molar-refractivity contribution in [2.24, 2.45) is 0 Å². The molecule has 1 unspecified atom stereocenters. The fourth-order valence-corrected chi connectivity index (χ4v) is 3.20. The van der Waals surface area contributed by atoms with E-state index in [1.54, 1.807) is 6.20 Å². The van der Waals surface area contributed by atoms with Gasteiger partial charge in [-0.3, -0.25) is 4.98 Å². The van der Waals surface area contributed by atoms with Gasteiger partial charge in [0, 0.05) is 17.1 Å². The molecule has 3 aromatic heterocycles. The molecule has 0 fully saturated rings. The van der Waals surface area contributed by atoms with Crippen molar-refractivity contribution in [1.82, 2.24) is 10.1 Å². The highest BCUT2D eigenvalue weighted by Crippen LogP contribution is 2.31. The van der Waals surface area contributed by atoms with E-state index in [-0.39, 0.29) is 0 Å². The Labute approximate surface area is 140 Å². The molecule has 0 amide bonds. The quantitative estimate of drug-likeness (QED) is 0.502. The Kier molecular flexibility index (Phi) is 3.60. The highest BCUT2D eigenvalue weighted by atomic mass is 16.5. The zero-order valence-electron chi connectivity index (χ0n) is 14.1. The van der Waals surface area contributed by atoms with E-state index in [4.69, 9.17) is 8.94 Å². The van der Waals surface area contributed by atoms with Gasteiger partial charge in [-0.2, -0.15) is 0 Å². The lowest BCUT2D eigenvalue weighted by molar-refractivity contribution is 0.456. The monoisotopic (exact) mass is 320 g/mol. The van der Waals surface area contributed by atoms with E-state index in [1.807, 2.05) is 12.5 Å². The minimum Gasteiger partial charge on any atom is -0.462 e. The Morgan fingerprint density at radius 2 is 2.00 bits per heavy atom. The van der Waals surface area contributed by atoms with Crippen molar-refractivity contribution in [3.05, 3.63) is 59.6 Å². The summed E-state index contributed by atoms with van der Waals surface area (Å²) in [5.74, 6) is 0.748. The Morgan fingerprint density at radius 3 is 2.83 bits per heavy atom. The maximum Gasteiger partial charge on any atom is 0.167 e. The number of benzene rings is 1. The first-order valence-electron chi connectivity index (χ1n) is 8.33. The molecule has 0 aliphatic heterocycles. The zero-order valence-corrected chi connectivity index (χ0v) is 14.1. The topological polar surface area (TPSA) is 52.1 Å². The first-order chi connectivity index (χ1) is 11.6. The predicted octanol–water partition coefficient (Wildman–Crippen LogP) is 5.44. The fourth-order valence-electron chi connectivity index (χ4n) is 3.20. The van der Waals surface area contributed by atoms with Crippen LogP contribution in [0.1, 0.15) is 49.3 Å². The lowest BCUT2D eigenvalue weighted by atomic mass is 9.93. The van der Waals surface area contributed by atoms with Gasteiger partial charge in [-0.05, 0) is 47.6 Å². The van der Waals surface area contributed by atoms with Gasteiger partial charge >= 0.3 is 0 Å². The van der Waals surface area contributed by atoms with Crippen LogP contribution in [0.3, 0.4) is 0 Å². The molecule has 4 heteroatoms. The average molecular weight is 320 g/mol. The number of furan rings is 1. The summed E-state index contributed by atoms with van der Waals surface area (Å²) in [4.78, 5) is 4.52. The SMILES string of the molecule is CC(C)c1coc2c(CC(C)c3ccc4cnoc4c3)ccnc12. The van der Waals surface area contributed by atoms with Gasteiger partial charge in [0.25, 0.3) is 0 Å². The fraction of sp³-hybridized carbons (Fsp3) is 0.300. The molecule has 0 N–H and O–H groups in total. The van der Waals surface area contributed by atoms with E-state index < -0.39 is 0 Å². The largest absolute Gasteiger partial charge is 0.462 e. The van der Waals surface area contributed by atoms with Crippen LogP contribution in [-0.4, -0.2) is 10.1 Å². The molecular weight excluding hydrogens is 300 g/mol. The van der Waals surface area contributed by atoms with E-state index in [0.29, 0.717) is 11.8 Å². The minimum absolute atomic E-state index is 0.345. The Morgan fingerprint density at radius 1 is 1.12 bits per heavy atom. The third-order valence-electron chi connectivity index (χ3n) is 4.66. The molecule has 1 aromatic carbocycles. The van der Waals surface area contributed by atoms with Crippen LogP contribution >= 0.6 is 0 Å². The van der Waals surface area contributed by atoms with Crippen molar-refractivity contribution in [3.63, 3.8) is 0 Å². The number of fused-ring (bicyclic) bond motifs is 2. The molecule has 0 bridgehead atoms. The van der Waals surface area contributed by atoms with Gasteiger partial charge in [-0.25, -0.2) is 0 Å². The third kappa shape index (κ3) is 2.48. The normalized spacial score (nSPS) is 13.2. The van der Waals surface area contributed by atoms with E-state index in [9.17, 15) is 0 Å². The van der Waals surface area contributed by atoms with Crippen molar-refractivity contribution < 1.29 is 8.94 Å². The molecule has 0 saturated carbocycles. The first-order valence-corrected chi connectivity index (χ1v) is 8.33. The van der Waals surface area contributed by atoms with Gasteiger partial charge in [0.2, 0.25) is 0 Å². The van der Waals surface area contributed by atoms with Gasteiger partial charge in [-0.1, -0.05) is 32.0 Å². The Balaban J connectivity index is 1.68. The van der Waals surface area contributed by atoms with E-state index in [0.717, 1.165) is 28.5 Å². The molecule has 3 heterocycles. The second-order valence-corrected chi connectivity index (χ2v) is 6.72. The van der Waals surface area contributed by atoms with Gasteiger partial charge < -0.3 is 8.94 Å². The van der Waals surface area contributed by atoms with Gasteiger partial charge in [0.15, 0.2) is 11.2 Å². The zero-order chi connectivity index (χ0) is 16.7. The Bertz CT molecular complexity index is 997. The molecule has 4 rings (SSSR count). The molecule has 4 aromatic rings. The van der Waals surface area contributed by atoms with E-state index >= 15 is 0 Å². The lowest BCUT2D eigenvalue weighted by Crippen LogP contribution is -1.99. The van der Waals surface area contributed by atoms with Gasteiger partial charge in [0.05, 0.1) is 12.5 Å². The highest BCUT2D eigenvalue weighted by molar-refractivity contribution is 5.80. The predicted molar refractivity (Wildman–Crippen MR) is 94.2 cm³/mol. The van der Waals surface area contributed by atoms with E-state index in [1.165, 1.54) is 16.7 Å². The number of rotatable bonds is 4. The molecule has 0 aliphatic rings. The summed E-state index contributed by atoms with van der Waals surface area (Å²) in [6.45, 7) is 6.54. The number of aromatic nitrogens is 2. The van der Waals surface area contributed by atoms with Gasteiger partial charge in [-0.15, -0.1) is 0 Å². The summed E-state index contributed by atoms with van der Waals surface area (Å²) < 4.78 is 11.1. The summed E-state index contributed by atoms with van der Waals surface area (Å²) in [6.07, 6.45) is 6.36. The summed E-state index contributed by atoms with van der Waals surface area (Å²) in [7, 11) is 0. The minimum atomic E-state index is 0.345. The highest BCUT2D eigenvalue weighted by Gasteiger charge is 2.16. The molecule has 24 heavy (non-hydrogen) atoms. The van der Waals surface area contributed by atoms with Crippen molar-refractivity contribution in [2.75, 3.05) is 0 Å². The molecule has 0 spiro atoms. The van der Waals surface area contributed by atoms with Crippen molar-refractivity contribution >= 4 is 22.1 Å². The van der Waals surface area contributed by atoms with Crippen LogP contribution in [0.5, 0.6) is 0 Å². The third-order valence-corrected chi connectivity index (χ3v) is 4.66. The van der Waals surface area contributed by atoms with Crippen LogP contribution in [0.4, 0.5) is 0 Å². The maximum absolute atomic E-state index is 5.85. The molecule has 0 radical (unpaired) electrons. The van der Waals surface area contributed by atoms with Crippen LogP contribution in [0.25, 0.3) is 22.1 Å². The summed E-state index contributed by atoms with van der Waals surface area (Å²) >= 11 is 0. The van der Waals surface area contributed by atoms with Crippen molar-refractivity contribution in [2.45, 2.75) is 39.0 Å². The van der Waals surface area contributed by atoms with Crippen LogP contribution in [-0.2, 0) is 6.42 Å². The molecule has 0 saturated heterocycles. The van der Waals surface area contributed by atoms with Crippen LogP contribution in [0.2, 0.25) is 0 Å². The smallest absolute Gasteiger partial charge is 0.167 e. The first kappa shape index (κ1) is 14.9. The Hall–Kier alpha value is -2.62. The van der Waals surface area contributed by atoms with E-state index in [2.05, 4.69) is 55.2 Å². The number of nitrogens with zero attached hydrogens (tertiary/aromatic N) is 2. The molecule has 4 nitrogen and oxygen atoms in total. The number of hydrogen-bond acceptors (Lipinski definition) is 4. The maximum atomic E-state index is 5.85. The van der Waals surface area contributed by atoms with Crippen molar-refractivity contribution in [3.8, 4) is 0 Å².